The maximum Gasteiger partial charge on any atom is 0.339 e. The molecular formula is C22H31N3O4. The van der Waals surface area contributed by atoms with E-state index in [4.69, 9.17) is 4.74 Å². The Kier molecular flexibility index (Phi) is 8.39. The van der Waals surface area contributed by atoms with Crippen LogP contribution >= 0.6 is 0 Å². The van der Waals surface area contributed by atoms with Gasteiger partial charge in [0.25, 0.3) is 6.47 Å². The molecule has 1 aliphatic rings. The zero-order valence-electron chi connectivity index (χ0n) is 17.7. The first-order valence-corrected chi connectivity index (χ1v) is 9.98. The minimum Gasteiger partial charge on any atom is -0.462 e. The molecule has 2 N–H and O–H groups in total. The lowest BCUT2D eigenvalue weighted by molar-refractivity contribution is -0.138. The molecule has 0 amide bonds. The van der Waals surface area contributed by atoms with Gasteiger partial charge in [0.1, 0.15) is 5.60 Å². The van der Waals surface area contributed by atoms with Crippen LogP contribution in [-0.4, -0.2) is 47.7 Å². The van der Waals surface area contributed by atoms with Crippen LogP contribution in [0, 0.1) is 0 Å². The van der Waals surface area contributed by atoms with E-state index in [1.807, 2.05) is 45.9 Å². The summed E-state index contributed by atoms with van der Waals surface area (Å²) in [4.78, 5) is 29.4. The summed E-state index contributed by atoms with van der Waals surface area (Å²) in [6.07, 6.45) is 5.57. The predicted molar refractivity (Wildman–Crippen MR) is 112 cm³/mol. The van der Waals surface area contributed by atoms with Crippen molar-refractivity contribution in [2.24, 2.45) is 0 Å². The van der Waals surface area contributed by atoms with E-state index in [1.54, 1.807) is 12.4 Å². The highest BCUT2D eigenvalue weighted by molar-refractivity contribution is 5.92. The van der Waals surface area contributed by atoms with E-state index in [2.05, 4.69) is 20.0 Å². The first kappa shape index (κ1) is 22.6. The highest BCUT2D eigenvalue weighted by atomic mass is 16.5. The van der Waals surface area contributed by atoms with Crippen LogP contribution in [0.25, 0.3) is 11.3 Å². The molecule has 0 unspecified atom stereocenters. The van der Waals surface area contributed by atoms with Gasteiger partial charge in [-0.15, -0.1) is 0 Å². The Balaban J connectivity index is 0.000000370. The molecule has 0 spiro atoms. The first-order chi connectivity index (χ1) is 13.9. The van der Waals surface area contributed by atoms with Crippen molar-refractivity contribution < 1.29 is 19.1 Å². The average molecular weight is 402 g/mol. The van der Waals surface area contributed by atoms with Gasteiger partial charge in [0.15, 0.2) is 0 Å². The van der Waals surface area contributed by atoms with E-state index in [0.29, 0.717) is 24.6 Å². The molecule has 3 heterocycles. The van der Waals surface area contributed by atoms with Gasteiger partial charge in [-0.1, -0.05) is 0 Å². The minimum atomic E-state index is -0.318. The van der Waals surface area contributed by atoms with Crippen molar-refractivity contribution in [1.82, 2.24) is 15.3 Å². The van der Waals surface area contributed by atoms with Crippen LogP contribution in [0.3, 0.4) is 0 Å². The SMILES string of the molecule is CC(C)(C)OC=O.CCOC(=O)c1cc(-c2ccncc2)[nH]c1C1CCNCC1. The Bertz CT molecular complexity index is 775. The van der Waals surface area contributed by atoms with Gasteiger partial charge in [-0.05, 0) is 71.8 Å². The number of hydrogen-bond acceptors (Lipinski definition) is 6. The van der Waals surface area contributed by atoms with Crippen LogP contribution in [0.15, 0.2) is 30.6 Å². The second kappa shape index (κ2) is 10.8. The number of carbonyl (C=O) groups is 2. The molecule has 29 heavy (non-hydrogen) atoms. The number of esters is 1. The lowest BCUT2D eigenvalue weighted by atomic mass is 9.92. The smallest absolute Gasteiger partial charge is 0.339 e. The summed E-state index contributed by atoms with van der Waals surface area (Å²) in [5.74, 6) is 0.129. The van der Waals surface area contributed by atoms with Gasteiger partial charge in [-0.3, -0.25) is 9.78 Å². The van der Waals surface area contributed by atoms with Crippen molar-refractivity contribution in [3.8, 4) is 11.3 Å². The number of ether oxygens (including phenoxy) is 2. The number of piperidine rings is 1. The summed E-state index contributed by atoms with van der Waals surface area (Å²) in [6.45, 7) is 10.1. The number of pyridine rings is 1. The maximum absolute atomic E-state index is 12.3. The summed E-state index contributed by atoms with van der Waals surface area (Å²) in [5.41, 5.74) is 3.33. The van der Waals surface area contributed by atoms with Gasteiger partial charge >= 0.3 is 5.97 Å². The third kappa shape index (κ3) is 7.02. The molecule has 7 nitrogen and oxygen atoms in total. The monoisotopic (exact) mass is 401 g/mol. The number of aromatic amines is 1. The maximum atomic E-state index is 12.3. The van der Waals surface area contributed by atoms with Gasteiger partial charge < -0.3 is 19.8 Å². The van der Waals surface area contributed by atoms with Crippen molar-refractivity contribution in [3.63, 3.8) is 0 Å². The van der Waals surface area contributed by atoms with Crippen molar-refractivity contribution in [3.05, 3.63) is 41.9 Å². The molecule has 2 aromatic heterocycles. The molecule has 0 aliphatic carbocycles. The third-order valence-corrected chi connectivity index (χ3v) is 4.48. The fourth-order valence-corrected chi connectivity index (χ4v) is 3.11. The fraction of sp³-hybridized carbons (Fsp3) is 0.500. The van der Waals surface area contributed by atoms with Crippen molar-refractivity contribution in [2.45, 2.75) is 52.1 Å². The Morgan fingerprint density at radius 3 is 2.41 bits per heavy atom. The number of carbonyl (C=O) groups excluding carboxylic acids is 2. The molecule has 0 saturated carbocycles. The van der Waals surface area contributed by atoms with Crippen LogP contribution in [0.2, 0.25) is 0 Å². The number of nitrogens with one attached hydrogen (secondary N) is 2. The van der Waals surface area contributed by atoms with E-state index in [-0.39, 0.29) is 11.6 Å². The number of hydrogen-bond donors (Lipinski definition) is 2. The van der Waals surface area contributed by atoms with Gasteiger partial charge in [0.2, 0.25) is 0 Å². The van der Waals surface area contributed by atoms with E-state index in [1.165, 1.54) is 0 Å². The molecule has 2 aromatic rings. The van der Waals surface area contributed by atoms with Crippen molar-refractivity contribution in [2.75, 3.05) is 19.7 Å². The van der Waals surface area contributed by atoms with Gasteiger partial charge in [0, 0.05) is 35.3 Å². The Morgan fingerprint density at radius 2 is 1.90 bits per heavy atom. The summed E-state index contributed by atoms with van der Waals surface area (Å²) < 4.78 is 9.77. The molecule has 0 atom stereocenters. The third-order valence-electron chi connectivity index (χ3n) is 4.48. The largest absolute Gasteiger partial charge is 0.462 e. The number of rotatable bonds is 5. The zero-order valence-corrected chi connectivity index (χ0v) is 17.7. The molecule has 0 bridgehead atoms. The number of nitrogens with zero attached hydrogens (tertiary/aromatic N) is 1. The fourth-order valence-electron chi connectivity index (χ4n) is 3.11. The zero-order chi connectivity index (χ0) is 21.3. The average Bonchev–Trinajstić information content (AvgIpc) is 3.15. The van der Waals surface area contributed by atoms with Crippen LogP contribution in [0.4, 0.5) is 0 Å². The van der Waals surface area contributed by atoms with Crippen molar-refractivity contribution in [1.29, 1.82) is 0 Å². The lowest BCUT2D eigenvalue weighted by Gasteiger charge is -2.22. The second-order valence-electron chi connectivity index (χ2n) is 7.82. The van der Waals surface area contributed by atoms with Gasteiger partial charge in [0.05, 0.1) is 12.2 Å². The molecule has 158 valence electrons. The first-order valence-electron chi connectivity index (χ1n) is 9.98. The summed E-state index contributed by atoms with van der Waals surface area (Å²) in [6, 6.07) is 5.78. The molecule has 0 radical (unpaired) electrons. The molecule has 1 fully saturated rings. The van der Waals surface area contributed by atoms with Gasteiger partial charge in [-0.25, -0.2) is 4.79 Å². The van der Waals surface area contributed by atoms with Crippen LogP contribution in [0.1, 0.15) is 62.5 Å². The highest BCUT2D eigenvalue weighted by Gasteiger charge is 2.25. The summed E-state index contributed by atoms with van der Waals surface area (Å²) in [5, 5.41) is 3.36. The van der Waals surface area contributed by atoms with E-state index < -0.39 is 0 Å². The van der Waals surface area contributed by atoms with E-state index >= 15 is 0 Å². The van der Waals surface area contributed by atoms with Crippen LogP contribution in [-0.2, 0) is 14.3 Å². The Morgan fingerprint density at radius 1 is 1.24 bits per heavy atom. The molecular weight excluding hydrogens is 370 g/mol. The molecule has 7 heteroatoms. The highest BCUT2D eigenvalue weighted by Crippen LogP contribution is 2.31. The topological polar surface area (TPSA) is 93.3 Å². The summed E-state index contributed by atoms with van der Waals surface area (Å²) >= 11 is 0. The quantitative estimate of drug-likeness (QED) is 0.586. The Labute approximate surface area is 172 Å². The molecule has 1 aliphatic heterocycles. The standard InChI is InChI=1S/C17H21N3O2.C5H10O2/c1-2-22-17(21)14-11-15(12-3-7-18-8-4-12)20-16(14)13-5-9-19-10-6-13;1-5(2,3)7-4-6/h3-4,7-8,11,13,19-20H,2,5-6,9-10H2,1H3;4H,1-3H3. The van der Waals surface area contributed by atoms with Gasteiger partial charge in [-0.2, -0.15) is 0 Å². The van der Waals surface area contributed by atoms with E-state index in [9.17, 15) is 9.59 Å². The van der Waals surface area contributed by atoms with Crippen molar-refractivity contribution >= 4 is 12.4 Å². The second-order valence-corrected chi connectivity index (χ2v) is 7.82. The summed E-state index contributed by atoms with van der Waals surface area (Å²) in [7, 11) is 0. The molecule has 1 saturated heterocycles. The minimum absolute atomic E-state index is 0.243. The van der Waals surface area contributed by atoms with Crippen LogP contribution in [0.5, 0.6) is 0 Å². The molecule has 3 rings (SSSR count). The van der Waals surface area contributed by atoms with E-state index in [0.717, 1.165) is 42.9 Å². The van der Waals surface area contributed by atoms with Crippen LogP contribution < -0.4 is 5.32 Å². The Hall–Kier alpha value is -2.67. The normalized spacial score (nSPS) is 14.5. The molecule has 0 aromatic carbocycles. The number of H-pyrrole nitrogens is 1. The predicted octanol–water partition coefficient (Wildman–Crippen LogP) is 3.68. The lowest BCUT2D eigenvalue weighted by Crippen LogP contribution is -2.27. The number of aromatic nitrogens is 2.